The first kappa shape index (κ1) is 17.5. The van der Waals surface area contributed by atoms with Crippen LogP contribution in [0, 0.1) is 5.82 Å². The first-order valence-electron chi connectivity index (χ1n) is 8.49. The van der Waals surface area contributed by atoms with Crippen molar-refractivity contribution in [1.29, 1.82) is 0 Å². The van der Waals surface area contributed by atoms with Crippen molar-refractivity contribution in [3.8, 4) is 0 Å². The van der Waals surface area contributed by atoms with Crippen molar-refractivity contribution in [2.24, 2.45) is 0 Å². The number of aliphatic hydroxyl groups is 1. The van der Waals surface area contributed by atoms with Crippen LogP contribution in [0.3, 0.4) is 0 Å². The monoisotopic (exact) mass is 343 g/mol. The lowest BCUT2D eigenvalue weighted by molar-refractivity contribution is 0.0748. The predicted molar refractivity (Wildman–Crippen MR) is 92.6 cm³/mol. The van der Waals surface area contributed by atoms with E-state index in [0.29, 0.717) is 37.4 Å². The molecule has 0 saturated carbocycles. The van der Waals surface area contributed by atoms with Crippen molar-refractivity contribution in [3.63, 3.8) is 0 Å². The number of hydrogen-bond acceptors (Lipinski definition) is 4. The summed E-state index contributed by atoms with van der Waals surface area (Å²) in [4.78, 5) is 20.6. The Bertz CT molecular complexity index is 694. The number of halogens is 1. The van der Waals surface area contributed by atoms with Crippen LogP contribution >= 0.6 is 0 Å². The van der Waals surface area contributed by atoms with E-state index in [2.05, 4.69) is 9.88 Å². The summed E-state index contributed by atoms with van der Waals surface area (Å²) in [6.45, 7) is 3.25. The standard InChI is InChI=1S/C19H22FN3O2/c20-16-7-5-15(6-8-16)18(24)14-22-10-3-11-23(13-12-22)19(25)17-4-1-2-9-21-17/h1-2,4-9,18,24H,3,10-14H2. The topological polar surface area (TPSA) is 56.7 Å². The van der Waals surface area contributed by atoms with Crippen LogP contribution in [0.4, 0.5) is 4.39 Å². The average Bonchev–Trinajstić information content (AvgIpc) is 2.88. The first-order chi connectivity index (χ1) is 12.1. The molecule has 1 saturated heterocycles. The molecular formula is C19H22FN3O2. The molecule has 0 radical (unpaired) electrons. The zero-order valence-electron chi connectivity index (χ0n) is 14.0. The first-order valence-corrected chi connectivity index (χ1v) is 8.49. The van der Waals surface area contributed by atoms with Crippen LogP contribution in [0.25, 0.3) is 0 Å². The van der Waals surface area contributed by atoms with Crippen molar-refractivity contribution in [3.05, 3.63) is 65.7 Å². The highest BCUT2D eigenvalue weighted by Gasteiger charge is 2.22. The smallest absolute Gasteiger partial charge is 0.272 e. The minimum atomic E-state index is -0.668. The Morgan fingerprint density at radius 3 is 2.64 bits per heavy atom. The molecule has 132 valence electrons. The summed E-state index contributed by atoms with van der Waals surface area (Å²) in [5, 5.41) is 10.4. The fourth-order valence-electron chi connectivity index (χ4n) is 3.04. The van der Waals surface area contributed by atoms with Crippen LogP contribution in [0.1, 0.15) is 28.6 Å². The van der Waals surface area contributed by atoms with Gasteiger partial charge in [0.1, 0.15) is 11.5 Å². The van der Waals surface area contributed by atoms with Gasteiger partial charge >= 0.3 is 0 Å². The highest BCUT2D eigenvalue weighted by molar-refractivity contribution is 5.92. The van der Waals surface area contributed by atoms with Gasteiger partial charge < -0.3 is 10.0 Å². The number of amides is 1. The summed E-state index contributed by atoms with van der Waals surface area (Å²) in [5.74, 6) is -0.365. The van der Waals surface area contributed by atoms with Gasteiger partial charge in [0.25, 0.3) is 5.91 Å². The van der Waals surface area contributed by atoms with E-state index in [1.54, 1.807) is 30.5 Å². The maximum absolute atomic E-state index is 13.0. The Morgan fingerprint density at radius 1 is 1.12 bits per heavy atom. The van der Waals surface area contributed by atoms with Crippen molar-refractivity contribution >= 4 is 5.91 Å². The summed E-state index contributed by atoms with van der Waals surface area (Å²) < 4.78 is 13.0. The van der Waals surface area contributed by atoms with E-state index in [4.69, 9.17) is 0 Å². The molecule has 1 atom stereocenters. The fraction of sp³-hybridized carbons (Fsp3) is 0.368. The average molecular weight is 343 g/mol. The van der Waals surface area contributed by atoms with Crippen molar-refractivity contribution < 1.29 is 14.3 Å². The van der Waals surface area contributed by atoms with Crippen LogP contribution in [-0.2, 0) is 0 Å². The second kappa shape index (κ2) is 8.18. The molecule has 3 rings (SSSR count). The van der Waals surface area contributed by atoms with E-state index < -0.39 is 6.10 Å². The second-order valence-corrected chi connectivity index (χ2v) is 6.23. The molecule has 1 aromatic carbocycles. The van der Waals surface area contributed by atoms with Gasteiger partial charge in [0.05, 0.1) is 6.10 Å². The van der Waals surface area contributed by atoms with Crippen molar-refractivity contribution in [2.75, 3.05) is 32.7 Å². The van der Waals surface area contributed by atoms with Gasteiger partial charge in [-0.3, -0.25) is 14.7 Å². The maximum atomic E-state index is 13.0. The van der Waals surface area contributed by atoms with Crippen LogP contribution in [-0.4, -0.2) is 58.5 Å². The molecule has 0 bridgehead atoms. The number of β-amino-alcohol motifs (C(OH)–C–C–N with tert-alkyl or cyclic N) is 1. The van der Waals surface area contributed by atoms with Crippen LogP contribution < -0.4 is 0 Å². The van der Waals surface area contributed by atoms with Gasteiger partial charge in [0, 0.05) is 38.9 Å². The number of hydrogen-bond donors (Lipinski definition) is 1. The lowest BCUT2D eigenvalue weighted by atomic mass is 10.1. The summed E-state index contributed by atoms with van der Waals surface area (Å²) in [6.07, 6.45) is 1.80. The molecule has 2 heterocycles. The second-order valence-electron chi connectivity index (χ2n) is 6.23. The van der Waals surface area contributed by atoms with Crippen LogP contribution in [0.15, 0.2) is 48.7 Å². The number of nitrogens with zero attached hydrogens (tertiary/aromatic N) is 3. The molecule has 5 nitrogen and oxygen atoms in total. The van der Waals surface area contributed by atoms with Crippen molar-refractivity contribution in [1.82, 2.24) is 14.8 Å². The van der Waals surface area contributed by atoms with Crippen LogP contribution in [0.2, 0.25) is 0 Å². The molecule has 1 aromatic heterocycles. The molecule has 1 fully saturated rings. The zero-order chi connectivity index (χ0) is 17.6. The molecule has 0 spiro atoms. The number of benzene rings is 1. The molecule has 6 heteroatoms. The van der Waals surface area contributed by atoms with E-state index in [9.17, 15) is 14.3 Å². The number of aliphatic hydroxyl groups excluding tert-OH is 1. The Morgan fingerprint density at radius 2 is 1.92 bits per heavy atom. The summed E-state index contributed by atoms with van der Waals surface area (Å²) in [6, 6.07) is 11.2. The largest absolute Gasteiger partial charge is 0.387 e. The van der Waals surface area contributed by atoms with E-state index in [-0.39, 0.29) is 11.7 Å². The predicted octanol–water partition coefficient (Wildman–Crippen LogP) is 2.10. The number of pyridine rings is 1. The van der Waals surface area contributed by atoms with Gasteiger partial charge in [0.2, 0.25) is 0 Å². The lowest BCUT2D eigenvalue weighted by Crippen LogP contribution is -2.36. The third-order valence-electron chi connectivity index (χ3n) is 4.45. The summed E-state index contributed by atoms with van der Waals surface area (Å²) >= 11 is 0. The van der Waals surface area contributed by atoms with E-state index in [1.165, 1.54) is 12.1 Å². The van der Waals surface area contributed by atoms with Gasteiger partial charge in [-0.15, -0.1) is 0 Å². The molecule has 1 aliphatic heterocycles. The zero-order valence-corrected chi connectivity index (χ0v) is 14.0. The van der Waals surface area contributed by atoms with E-state index >= 15 is 0 Å². The maximum Gasteiger partial charge on any atom is 0.272 e. The highest BCUT2D eigenvalue weighted by atomic mass is 19.1. The van der Waals surface area contributed by atoms with Gasteiger partial charge in [-0.2, -0.15) is 0 Å². The Labute approximate surface area is 146 Å². The molecule has 0 aliphatic carbocycles. The van der Waals surface area contributed by atoms with E-state index in [1.807, 2.05) is 11.0 Å². The minimum absolute atomic E-state index is 0.0541. The molecule has 25 heavy (non-hydrogen) atoms. The molecule has 1 aliphatic rings. The number of rotatable bonds is 4. The quantitative estimate of drug-likeness (QED) is 0.924. The summed E-state index contributed by atoms with van der Waals surface area (Å²) in [5.41, 5.74) is 1.16. The normalized spacial score (nSPS) is 17.1. The van der Waals surface area contributed by atoms with Gasteiger partial charge in [-0.1, -0.05) is 18.2 Å². The lowest BCUT2D eigenvalue weighted by Gasteiger charge is -2.24. The molecular weight excluding hydrogens is 321 g/mol. The van der Waals surface area contributed by atoms with Gasteiger partial charge in [0.15, 0.2) is 0 Å². The third kappa shape index (κ3) is 4.61. The number of carbonyl (C=O) groups excluding carboxylic acids is 1. The summed E-state index contributed by atoms with van der Waals surface area (Å²) in [7, 11) is 0. The van der Waals surface area contributed by atoms with Crippen LogP contribution in [0.5, 0.6) is 0 Å². The SMILES string of the molecule is O=C(c1ccccn1)N1CCCN(CC(O)c2ccc(F)cc2)CC1. The number of aromatic nitrogens is 1. The highest BCUT2D eigenvalue weighted by Crippen LogP contribution is 2.16. The van der Waals surface area contributed by atoms with Gasteiger partial charge in [-0.25, -0.2) is 4.39 Å². The van der Waals surface area contributed by atoms with E-state index in [0.717, 1.165) is 13.0 Å². The molecule has 1 N–H and O–H groups in total. The van der Waals surface area contributed by atoms with Crippen molar-refractivity contribution in [2.45, 2.75) is 12.5 Å². The minimum Gasteiger partial charge on any atom is -0.387 e. The molecule has 2 aromatic rings. The molecule has 1 amide bonds. The Hall–Kier alpha value is -2.31. The Balaban J connectivity index is 1.56. The third-order valence-corrected chi connectivity index (χ3v) is 4.45. The molecule has 1 unspecified atom stereocenters. The Kier molecular flexibility index (Phi) is 5.73. The fourth-order valence-corrected chi connectivity index (χ4v) is 3.04. The van der Waals surface area contributed by atoms with Gasteiger partial charge in [-0.05, 0) is 36.2 Å². The number of carbonyl (C=O) groups is 1.